The summed E-state index contributed by atoms with van der Waals surface area (Å²) in [6.07, 6.45) is 0. The molecular weight excluding hydrogens is 186 g/mol. The van der Waals surface area contributed by atoms with E-state index in [0.29, 0.717) is 5.69 Å². The maximum atomic E-state index is 11.4. The van der Waals surface area contributed by atoms with Gasteiger partial charge in [-0.15, -0.1) is 0 Å². The highest BCUT2D eigenvalue weighted by Crippen LogP contribution is 2.10. The van der Waals surface area contributed by atoms with E-state index in [0.717, 1.165) is 0 Å². The molecule has 0 saturated heterocycles. The molecule has 0 aliphatic carbocycles. The third kappa shape index (κ3) is 2.73. The van der Waals surface area contributed by atoms with Gasteiger partial charge < -0.3 is 0 Å². The molecule has 13 heavy (non-hydrogen) atoms. The molecule has 0 amide bonds. The first kappa shape index (κ1) is 10.1. The van der Waals surface area contributed by atoms with Crippen molar-refractivity contribution < 1.29 is 8.42 Å². The zero-order valence-corrected chi connectivity index (χ0v) is 8.43. The number of hydrogen-bond acceptors (Lipinski definition) is 2. The topological polar surface area (TPSA) is 46.2 Å². The molecule has 71 valence electrons. The van der Waals surface area contributed by atoms with Crippen LogP contribution in [0, 0.1) is 6.07 Å². The summed E-state index contributed by atoms with van der Waals surface area (Å²) in [5.41, 5.74) is 0.576. The third-order valence-electron chi connectivity index (χ3n) is 1.60. The maximum Gasteiger partial charge on any atom is 0.235 e. The van der Waals surface area contributed by atoms with Crippen molar-refractivity contribution in [1.29, 1.82) is 0 Å². The molecule has 0 heterocycles. The number of sulfonamides is 1. The molecular formula is C9H12NO2S. The lowest BCUT2D eigenvalue weighted by Gasteiger charge is -2.09. The Morgan fingerprint density at radius 1 is 1.31 bits per heavy atom. The van der Waals surface area contributed by atoms with Crippen molar-refractivity contribution in [1.82, 2.24) is 0 Å². The van der Waals surface area contributed by atoms with Crippen molar-refractivity contribution in [3.63, 3.8) is 0 Å². The van der Waals surface area contributed by atoms with Crippen molar-refractivity contribution in [2.24, 2.45) is 0 Å². The second-order valence-corrected chi connectivity index (χ2v) is 5.22. The van der Waals surface area contributed by atoms with Crippen LogP contribution in [-0.2, 0) is 10.0 Å². The predicted octanol–water partition coefficient (Wildman–Crippen LogP) is 1.64. The fourth-order valence-corrected chi connectivity index (χ4v) is 1.44. The van der Waals surface area contributed by atoms with Gasteiger partial charge in [0.25, 0.3) is 0 Å². The fourth-order valence-electron chi connectivity index (χ4n) is 0.737. The highest BCUT2D eigenvalue weighted by atomic mass is 32.2. The highest BCUT2D eigenvalue weighted by molar-refractivity contribution is 7.93. The molecule has 4 heteroatoms. The summed E-state index contributed by atoms with van der Waals surface area (Å²) in [5, 5.41) is -0.420. The van der Waals surface area contributed by atoms with Gasteiger partial charge in [-0.25, -0.2) is 8.42 Å². The number of rotatable bonds is 3. The first-order valence-corrected chi connectivity index (χ1v) is 5.55. The minimum atomic E-state index is -3.22. The Morgan fingerprint density at radius 3 is 2.31 bits per heavy atom. The summed E-state index contributed by atoms with van der Waals surface area (Å²) in [5.74, 6) is 0. The molecule has 1 rings (SSSR count). The van der Waals surface area contributed by atoms with Crippen LogP contribution in [0.1, 0.15) is 13.8 Å². The van der Waals surface area contributed by atoms with E-state index in [1.807, 2.05) is 0 Å². The lowest BCUT2D eigenvalue weighted by Crippen LogP contribution is -2.22. The van der Waals surface area contributed by atoms with Crippen molar-refractivity contribution in [2.45, 2.75) is 19.1 Å². The van der Waals surface area contributed by atoms with Gasteiger partial charge in [0.2, 0.25) is 10.0 Å². The van der Waals surface area contributed by atoms with E-state index in [9.17, 15) is 8.42 Å². The van der Waals surface area contributed by atoms with Gasteiger partial charge in [0, 0.05) is 5.69 Å². The maximum absolute atomic E-state index is 11.4. The molecule has 1 N–H and O–H groups in total. The van der Waals surface area contributed by atoms with E-state index < -0.39 is 15.3 Å². The first-order chi connectivity index (χ1) is 6.02. The summed E-state index contributed by atoms with van der Waals surface area (Å²) in [7, 11) is -3.22. The standard InChI is InChI=1S/C9H12NO2S/c1-8(2)13(11,12)10-9-6-4-3-5-7-9/h4-8,10H,1-2H3. The third-order valence-corrected chi connectivity index (χ3v) is 3.36. The van der Waals surface area contributed by atoms with Crippen LogP contribution in [0.25, 0.3) is 0 Å². The number of anilines is 1. The van der Waals surface area contributed by atoms with Crippen molar-refractivity contribution in [3.05, 3.63) is 30.3 Å². The van der Waals surface area contributed by atoms with Gasteiger partial charge in [-0.2, -0.15) is 0 Å². The molecule has 0 aliphatic heterocycles. The van der Waals surface area contributed by atoms with Gasteiger partial charge >= 0.3 is 0 Å². The van der Waals surface area contributed by atoms with Crippen LogP contribution in [0.15, 0.2) is 24.3 Å². The average molecular weight is 198 g/mol. The van der Waals surface area contributed by atoms with Gasteiger partial charge in [0.15, 0.2) is 0 Å². The van der Waals surface area contributed by atoms with Crippen LogP contribution >= 0.6 is 0 Å². The summed E-state index contributed by atoms with van der Waals surface area (Å²) in [6, 6.07) is 9.48. The molecule has 0 saturated carbocycles. The smallest absolute Gasteiger partial charge is 0.235 e. The van der Waals surface area contributed by atoms with Gasteiger partial charge in [-0.3, -0.25) is 4.72 Å². The molecule has 1 aromatic rings. The van der Waals surface area contributed by atoms with Crippen LogP contribution in [0.2, 0.25) is 0 Å². The van der Waals surface area contributed by atoms with Crippen LogP contribution in [0.5, 0.6) is 0 Å². The Labute approximate surface area is 78.8 Å². The zero-order valence-electron chi connectivity index (χ0n) is 7.61. The zero-order chi connectivity index (χ0) is 9.90. The normalized spacial score (nSPS) is 11.6. The molecule has 0 aromatic heterocycles. The molecule has 0 unspecified atom stereocenters. The second kappa shape index (κ2) is 3.79. The largest absolute Gasteiger partial charge is 0.283 e. The molecule has 1 aromatic carbocycles. The minimum Gasteiger partial charge on any atom is -0.283 e. The molecule has 1 radical (unpaired) electrons. The van der Waals surface area contributed by atoms with Gasteiger partial charge in [0.05, 0.1) is 5.25 Å². The highest BCUT2D eigenvalue weighted by Gasteiger charge is 2.14. The lowest BCUT2D eigenvalue weighted by atomic mass is 10.3. The summed E-state index contributed by atoms with van der Waals surface area (Å²) in [4.78, 5) is 0. The Morgan fingerprint density at radius 2 is 1.85 bits per heavy atom. The number of benzene rings is 1. The molecule has 0 atom stereocenters. The SMILES string of the molecule is CC(C)S(=O)(=O)Nc1cc[c]cc1. The molecule has 0 fully saturated rings. The van der Waals surface area contributed by atoms with Gasteiger partial charge in [-0.1, -0.05) is 12.1 Å². The Hall–Kier alpha value is -1.03. The summed E-state index contributed by atoms with van der Waals surface area (Å²) in [6.45, 7) is 3.27. The number of nitrogens with one attached hydrogen (secondary N) is 1. The first-order valence-electron chi connectivity index (χ1n) is 4.00. The minimum absolute atomic E-state index is 0.420. The van der Waals surface area contributed by atoms with Crippen molar-refractivity contribution in [2.75, 3.05) is 4.72 Å². The summed E-state index contributed by atoms with van der Waals surface area (Å²) < 4.78 is 25.2. The predicted molar refractivity (Wildman–Crippen MR) is 53.0 cm³/mol. The number of hydrogen-bond donors (Lipinski definition) is 1. The fraction of sp³-hybridized carbons (Fsp3) is 0.333. The van der Waals surface area contributed by atoms with E-state index in [2.05, 4.69) is 10.8 Å². The van der Waals surface area contributed by atoms with Gasteiger partial charge in [-0.05, 0) is 32.0 Å². The van der Waals surface area contributed by atoms with E-state index in [-0.39, 0.29) is 0 Å². The van der Waals surface area contributed by atoms with E-state index in [1.54, 1.807) is 38.1 Å². The van der Waals surface area contributed by atoms with Gasteiger partial charge in [0.1, 0.15) is 0 Å². The van der Waals surface area contributed by atoms with Crippen LogP contribution in [-0.4, -0.2) is 13.7 Å². The Bertz CT molecular complexity index is 356. The van der Waals surface area contributed by atoms with Crippen LogP contribution in [0.3, 0.4) is 0 Å². The van der Waals surface area contributed by atoms with Crippen molar-refractivity contribution in [3.8, 4) is 0 Å². The van der Waals surface area contributed by atoms with Crippen LogP contribution < -0.4 is 4.72 Å². The monoisotopic (exact) mass is 198 g/mol. The molecule has 3 nitrogen and oxygen atoms in total. The Balaban J connectivity index is 2.82. The second-order valence-electron chi connectivity index (χ2n) is 2.98. The quantitative estimate of drug-likeness (QED) is 0.802. The van der Waals surface area contributed by atoms with E-state index in [1.165, 1.54) is 0 Å². The Kier molecular flexibility index (Phi) is 2.93. The van der Waals surface area contributed by atoms with E-state index >= 15 is 0 Å². The van der Waals surface area contributed by atoms with Crippen LogP contribution in [0.4, 0.5) is 5.69 Å². The molecule has 0 aliphatic rings. The average Bonchev–Trinajstić information content (AvgIpc) is 2.05. The van der Waals surface area contributed by atoms with E-state index in [4.69, 9.17) is 0 Å². The molecule has 0 spiro atoms. The summed E-state index contributed by atoms with van der Waals surface area (Å²) >= 11 is 0. The lowest BCUT2D eigenvalue weighted by molar-refractivity contribution is 0.593. The van der Waals surface area contributed by atoms with Crippen molar-refractivity contribution >= 4 is 15.7 Å². The molecule has 0 bridgehead atoms.